The van der Waals surface area contributed by atoms with Crippen LogP contribution in [-0.4, -0.2) is 30.0 Å². The molecule has 6 heteroatoms. The van der Waals surface area contributed by atoms with Crippen LogP contribution in [0.5, 0.6) is 5.75 Å². The maximum atomic E-state index is 13.3. The van der Waals surface area contributed by atoms with Crippen molar-refractivity contribution in [3.63, 3.8) is 0 Å². The quantitative estimate of drug-likeness (QED) is 0.753. The first-order chi connectivity index (χ1) is 12.9. The molecule has 3 rings (SSSR count). The fourth-order valence-corrected chi connectivity index (χ4v) is 3.91. The number of likely N-dealkylation sites (tertiary alicyclic amines) is 1. The Kier molecular flexibility index (Phi) is 5.90. The Bertz CT molecular complexity index is 826. The molecule has 0 unspecified atom stereocenters. The highest BCUT2D eigenvalue weighted by Gasteiger charge is 2.35. The molecular formula is C21H24ClFN2O2. The van der Waals surface area contributed by atoms with Gasteiger partial charge in [0.05, 0.1) is 23.4 Å². The first kappa shape index (κ1) is 19.5. The van der Waals surface area contributed by atoms with Gasteiger partial charge in [0.15, 0.2) is 0 Å². The molecule has 1 aliphatic heterocycles. The third kappa shape index (κ3) is 4.19. The van der Waals surface area contributed by atoms with E-state index in [0.717, 1.165) is 31.2 Å². The number of hydrogen-bond acceptors (Lipinski definition) is 3. The molecule has 144 valence electrons. The van der Waals surface area contributed by atoms with Crippen molar-refractivity contribution in [2.45, 2.75) is 44.7 Å². The molecule has 2 atom stereocenters. The fourth-order valence-electron chi connectivity index (χ4n) is 3.75. The number of nitrogen functional groups attached to an aromatic ring is 1. The fraction of sp³-hybridized carbons (Fsp3) is 0.381. The van der Waals surface area contributed by atoms with E-state index in [2.05, 4.69) is 6.92 Å². The average Bonchev–Trinajstić information content (AvgIpc) is 3.03. The summed E-state index contributed by atoms with van der Waals surface area (Å²) in [5.74, 6) is 0.0958. The number of methoxy groups -OCH3 is 1. The van der Waals surface area contributed by atoms with Crippen LogP contribution in [0.1, 0.15) is 42.1 Å². The molecule has 2 aromatic rings. The third-order valence-corrected chi connectivity index (χ3v) is 5.58. The molecule has 0 spiro atoms. The number of carbonyl (C=O) groups excluding carboxylic acids is 1. The molecule has 0 bridgehead atoms. The van der Waals surface area contributed by atoms with E-state index in [1.54, 1.807) is 24.3 Å². The van der Waals surface area contributed by atoms with Crippen LogP contribution in [0.15, 0.2) is 36.4 Å². The molecule has 0 saturated carbocycles. The summed E-state index contributed by atoms with van der Waals surface area (Å²) in [6, 6.07) is 9.96. The van der Waals surface area contributed by atoms with Crippen LogP contribution in [-0.2, 0) is 6.42 Å². The standard InChI is InChI=1S/C21H24ClFN2O2/c1-13-3-9-16(10-6-14-4-7-15(23)8-5-14)25(13)21(26)17-11-18(22)19(24)12-20(17)27-2/h4-5,7-8,11-13,16H,3,6,9-10,24H2,1-2H3/t13-,16-/m1/s1. The van der Waals surface area contributed by atoms with E-state index < -0.39 is 0 Å². The van der Waals surface area contributed by atoms with Crippen LogP contribution in [0.2, 0.25) is 5.02 Å². The zero-order chi connectivity index (χ0) is 19.6. The summed E-state index contributed by atoms with van der Waals surface area (Å²) < 4.78 is 18.4. The maximum Gasteiger partial charge on any atom is 0.258 e. The lowest BCUT2D eigenvalue weighted by Gasteiger charge is -2.29. The predicted octanol–water partition coefficient (Wildman–Crippen LogP) is 4.70. The molecule has 1 fully saturated rings. The van der Waals surface area contributed by atoms with Gasteiger partial charge in [0, 0.05) is 18.2 Å². The zero-order valence-electron chi connectivity index (χ0n) is 15.5. The van der Waals surface area contributed by atoms with E-state index in [-0.39, 0.29) is 23.8 Å². The number of anilines is 1. The molecule has 4 nitrogen and oxygen atoms in total. The summed E-state index contributed by atoms with van der Waals surface area (Å²) in [4.78, 5) is 15.2. The Morgan fingerprint density at radius 2 is 2.00 bits per heavy atom. The summed E-state index contributed by atoms with van der Waals surface area (Å²) >= 11 is 6.14. The molecular weight excluding hydrogens is 367 g/mol. The van der Waals surface area contributed by atoms with Gasteiger partial charge in [-0.1, -0.05) is 23.7 Å². The average molecular weight is 391 g/mol. The van der Waals surface area contributed by atoms with Gasteiger partial charge in [-0.15, -0.1) is 0 Å². The van der Waals surface area contributed by atoms with Crippen molar-refractivity contribution in [1.29, 1.82) is 0 Å². The molecule has 1 saturated heterocycles. The number of aryl methyl sites for hydroxylation is 1. The number of halogens is 2. The first-order valence-corrected chi connectivity index (χ1v) is 9.48. The highest BCUT2D eigenvalue weighted by Crippen LogP contribution is 2.34. The molecule has 2 N–H and O–H groups in total. The first-order valence-electron chi connectivity index (χ1n) is 9.10. The van der Waals surface area contributed by atoms with Crippen molar-refractivity contribution in [2.24, 2.45) is 0 Å². The van der Waals surface area contributed by atoms with E-state index in [4.69, 9.17) is 22.1 Å². The number of amides is 1. The minimum absolute atomic E-state index is 0.0946. The van der Waals surface area contributed by atoms with Gasteiger partial charge >= 0.3 is 0 Å². The molecule has 1 aliphatic rings. The van der Waals surface area contributed by atoms with Gasteiger partial charge < -0.3 is 15.4 Å². The molecule has 1 heterocycles. The largest absolute Gasteiger partial charge is 0.496 e. The third-order valence-electron chi connectivity index (χ3n) is 5.25. The lowest BCUT2D eigenvalue weighted by atomic mass is 10.0. The van der Waals surface area contributed by atoms with Gasteiger partial charge in [0.2, 0.25) is 0 Å². The Labute approximate surface area is 164 Å². The minimum atomic E-state index is -0.239. The van der Waals surface area contributed by atoms with Gasteiger partial charge in [-0.3, -0.25) is 4.79 Å². The molecule has 27 heavy (non-hydrogen) atoms. The molecule has 0 aromatic heterocycles. The van der Waals surface area contributed by atoms with Gasteiger partial charge in [0.25, 0.3) is 5.91 Å². The maximum absolute atomic E-state index is 13.3. The number of nitrogens with zero attached hydrogens (tertiary/aromatic N) is 1. The van der Waals surface area contributed by atoms with Gasteiger partial charge in [-0.25, -0.2) is 4.39 Å². The van der Waals surface area contributed by atoms with Crippen LogP contribution >= 0.6 is 11.6 Å². The van der Waals surface area contributed by atoms with E-state index in [9.17, 15) is 9.18 Å². The summed E-state index contributed by atoms with van der Waals surface area (Å²) in [5.41, 5.74) is 7.71. The Morgan fingerprint density at radius 3 is 2.67 bits per heavy atom. The normalized spacial score (nSPS) is 19.3. The SMILES string of the molecule is COc1cc(N)c(Cl)cc1C(=O)N1[C@@H](CCc2ccc(F)cc2)CC[C@H]1C. The van der Waals surface area contributed by atoms with Crippen LogP contribution in [0, 0.1) is 5.82 Å². The van der Waals surface area contributed by atoms with Crippen molar-refractivity contribution >= 4 is 23.2 Å². The topological polar surface area (TPSA) is 55.6 Å². The van der Waals surface area contributed by atoms with Crippen molar-refractivity contribution in [3.05, 3.63) is 58.4 Å². The van der Waals surface area contributed by atoms with E-state index in [1.807, 2.05) is 4.90 Å². The summed E-state index contributed by atoms with van der Waals surface area (Å²) in [5, 5.41) is 0.342. The molecule has 0 radical (unpaired) electrons. The molecule has 1 amide bonds. The number of rotatable bonds is 5. The van der Waals surface area contributed by atoms with E-state index in [1.165, 1.54) is 19.2 Å². The Balaban J connectivity index is 1.79. The lowest BCUT2D eigenvalue weighted by molar-refractivity contribution is 0.0669. The number of carbonyl (C=O) groups is 1. The minimum Gasteiger partial charge on any atom is -0.496 e. The smallest absolute Gasteiger partial charge is 0.258 e. The van der Waals surface area contributed by atoms with Crippen molar-refractivity contribution in [3.8, 4) is 5.75 Å². The Hall–Kier alpha value is -2.27. The van der Waals surface area contributed by atoms with E-state index >= 15 is 0 Å². The monoisotopic (exact) mass is 390 g/mol. The summed E-state index contributed by atoms with van der Waals surface area (Å²) in [6.45, 7) is 2.06. The van der Waals surface area contributed by atoms with E-state index in [0.29, 0.717) is 22.0 Å². The second kappa shape index (κ2) is 8.17. The second-order valence-electron chi connectivity index (χ2n) is 7.03. The van der Waals surface area contributed by atoms with Gasteiger partial charge in [-0.2, -0.15) is 0 Å². The number of hydrogen-bond donors (Lipinski definition) is 1. The van der Waals surface area contributed by atoms with Crippen LogP contribution in [0.4, 0.5) is 10.1 Å². The van der Waals surface area contributed by atoms with Crippen LogP contribution in [0.3, 0.4) is 0 Å². The van der Waals surface area contributed by atoms with Crippen LogP contribution in [0.25, 0.3) is 0 Å². The highest BCUT2D eigenvalue weighted by molar-refractivity contribution is 6.33. The Morgan fingerprint density at radius 1 is 1.30 bits per heavy atom. The number of nitrogens with two attached hydrogens (primary N) is 1. The van der Waals surface area contributed by atoms with Crippen LogP contribution < -0.4 is 10.5 Å². The highest BCUT2D eigenvalue weighted by atomic mass is 35.5. The predicted molar refractivity (Wildman–Crippen MR) is 106 cm³/mol. The van der Waals surface area contributed by atoms with Crippen molar-refractivity contribution in [2.75, 3.05) is 12.8 Å². The number of ether oxygens (including phenoxy) is 1. The van der Waals surface area contributed by atoms with Gasteiger partial charge in [-0.05, 0) is 56.4 Å². The van der Waals surface area contributed by atoms with Crippen molar-refractivity contribution in [1.82, 2.24) is 4.90 Å². The lowest BCUT2D eigenvalue weighted by Crippen LogP contribution is -2.40. The van der Waals surface area contributed by atoms with Gasteiger partial charge in [0.1, 0.15) is 11.6 Å². The zero-order valence-corrected chi connectivity index (χ0v) is 16.3. The molecule has 0 aliphatic carbocycles. The second-order valence-corrected chi connectivity index (χ2v) is 7.44. The van der Waals surface area contributed by atoms with Crippen molar-refractivity contribution < 1.29 is 13.9 Å². The summed E-state index contributed by atoms with van der Waals surface area (Å²) in [7, 11) is 1.51. The molecule has 2 aromatic carbocycles. The number of benzene rings is 2. The summed E-state index contributed by atoms with van der Waals surface area (Å²) in [6.07, 6.45) is 3.51.